The van der Waals surface area contributed by atoms with Crippen molar-refractivity contribution in [3.8, 4) is 5.69 Å². The van der Waals surface area contributed by atoms with Gasteiger partial charge in [-0.25, -0.2) is 0 Å². The zero-order valence-corrected chi connectivity index (χ0v) is 14.0. The van der Waals surface area contributed by atoms with Crippen molar-refractivity contribution in [3.05, 3.63) is 58.5 Å². The number of nitrogens with two attached hydrogens (primary N) is 1. The van der Waals surface area contributed by atoms with Gasteiger partial charge in [-0.05, 0) is 43.5 Å². The Labute approximate surface area is 146 Å². The normalized spacial score (nSPS) is 19.5. The second kappa shape index (κ2) is 8.08. The van der Waals surface area contributed by atoms with Gasteiger partial charge in [0, 0.05) is 12.1 Å². The first kappa shape index (κ1) is 18.2. The number of nitrogens with one attached hydrogen (secondary N) is 1. The molecule has 0 saturated heterocycles. The monoisotopic (exact) mass is 348 g/mol. The van der Waals surface area contributed by atoms with Crippen molar-refractivity contribution in [2.45, 2.75) is 25.3 Å². The Hall–Kier alpha value is -2.18. The highest BCUT2D eigenvalue weighted by molar-refractivity contribution is 5.92. The summed E-state index contributed by atoms with van der Waals surface area (Å²) >= 11 is 0. The number of nitrogens with zero attached hydrogens (tertiary/aromatic N) is 2. The van der Waals surface area contributed by atoms with Crippen molar-refractivity contribution in [1.29, 1.82) is 0 Å². The van der Waals surface area contributed by atoms with Crippen molar-refractivity contribution in [2.75, 3.05) is 6.54 Å². The van der Waals surface area contributed by atoms with Crippen LogP contribution >= 0.6 is 12.4 Å². The smallest absolute Gasteiger partial charge is 0.271 e. The van der Waals surface area contributed by atoms with Gasteiger partial charge in [0.25, 0.3) is 11.5 Å². The maximum Gasteiger partial charge on any atom is 0.271 e. The third-order valence-corrected chi connectivity index (χ3v) is 4.31. The molecule has 1 aliphatic carbocycles. The van der Waals surface area contributed by atoms with Crippen molar-refractivity contribution in [3.63, 3.8) is 0 Å². The van der Waals surface area contributed by atoms with Gasteiger partial charge in [0.15, 0.2) is 0 Å². The lowest BCUT2D eigenvalue weighted by molar-refractivity contribution is 0.0922. The van der Waals surface area contributed by atoms with Gasteiger partial charge in [-0.3, -0.25) is 9.59 Å². The number of amides is 1. The van der Waals surface area contributed by atoms with Crippen LogP contribution in [0.3, 0.4) is 0 Å². The molecular formula is C17H21ClN4O2. The summed E-state index contributed by atoms with van der Waals surface area (Å²) in [5.74, 6) is 0.0546. The summed E-state index contributed by atoms with van der Waals surface area (Å²) in [7, 11) is 0. The van der Waals surface area contributed by atoms with E-state index in [4.69, 9.17) is 5.73 Å². The van der Waals surface area contributed by atoms with Gasteiger partial charge in [0.2, 0.25) is 0 Å². The summed E-state index contributed by atoms with van der Waals surface area (Å²) in [6.45, 7) is 0.571. The summed E-state index contributed by atoms with van der Waals surface area (Å²) in [5.41, 5.74) is 6.34. The van der Waals surface area contributed by atoms with Gasteiger partial charge in [-0.15, -0.1) is 12.4 Å². The van der Waals surface area contributed by atoms with Gasteiger partial charge in [0.1, 0.15) is 5.69 Å². The topological polar surface area (TPSA) is 90.0 Å². The van der Waals surface area contributed by atoms with Crippen LogP contribution in [0, 0.1) is 5.92 Å². The molecule has 0 aliphatic heterocycles. The minimum atomic E-state index is -0.270. The molecule has 1 amide bonds. The third-order valence-electron chi connectivity index (χ3n) is 4.31. The van der Waals surface area contributed by atoms with Gasteiger partial charge < -0.3 is 11.1 Å². The molecule has 1 aliphatic rings. The molecular weight excluding hydrogens is 328 g/mol. The summed E-state index contributed by atoms with van der Waals surface area (Å²) in [6, 6.07) is 12.0. The molecule has 2 aromatic rings. The van der Waals surface area contributed by atoms with E-state index in [1.165, 1.54) is 16.8 Å². The molecule has 0 spiro atoms. The van der Waals surface area contributed by atoms with Crippen LogP contribution in [0.5, 0.6) is 0 Å². The summed E-state index contributed by atoms with van der Waals surface area (Å²) < 4.78 is 1.24. The highest BCUT2D eigenvalue weighted by Crippen LogP contribution is 2.24. The number of carbonyl (C=O) groups excluding carboxylic acids is 1. The van der Waals surface area contributed by atoms with Crippen LogP contribution in [0.1, 0.15) is 29.8 Å². The Kier molecular flexibility index (Phi) is 6.11. The summed E-state index contributed by atoms with van der Waals surface area (Å²) in [6.07, 6.45) is 3.05. The van der Waals surface area contributed by atoms with Crippen LogP contribution in [0.15, 0.2) is 47.3 Å². The minimum absolute atomic E-state index is 0. The second-order valence-electron chi connectivity index (χ2n) is 5.81. The Balaban J connectivity index is 0.00000208. The molecule has 6 nitrogen and oxygen atoms in total. The Morgan fingerprint density at radius 1 is 1.21 bits per heavy atom. The largest absolute Gasteiger partial charge is 0.348 e. The van der Waals surface area contributed by atoms with Gasteiger partial charge in [-0.1, -0.05) is 24.6 Å². The highest BCUT2D eigenvalue weighted by atomic mass is 35.5. The Bertz CT molecular complexity index is 748. The van der Waals surface area contributed by atoms with Crippen molar-refractivity contribution >= 4 is 18.3 Å². The maximum atomic E-state index is 12.4. The number of halogens is 1. The Morgan fingerprint density at radius 3 is 2.67 bits per heavy atom. The van der Waals surface area contributed by atoms with Gasteiger partial charge >= 0.3 is 0 Å². The van der Waals surface area contributed by atoms with E-state index < -0.39 is 0 Å². The zero-order chi connectivity index (χ0) is 16.2. The number of hydrogen-bond donors (Lipinski definition) is 2. The fourth-order valence-electron chi connectivity index (χ4n) is 3.04. The molecule has 1 saturated carbocycles. The molecule has 3 N–H and O–H groups in total. The number of rotatable bonds is 4. The number of benzene rings is 1. The van der Waals surface area contributed by atoms with Crippen LogP contribution in [0.2, 0.25) is 0 Å². The summed E-state index contributed by atoms with van der Waals surface area (Å²) in [4.78, 5) is 24.4. The second-order valence-corrected chi connectivity index (χ2v) is 5.81. The number of hydrogen-bond acceptors (Lipinski definition) is 4. The zero-order valence-electron chi connectivity index (χ0n) is 13.2. The van der Waals surface area contributed by atoms with Crippen molar-refractivity contribution in [1.82, 2.24) is 15.1 Å². The molecule has 1 heterocycles. The molecule has 128 valence electrons. The predicted octanol–water partition coefficient (Wildman–Crippen LogP) is 1.51. The first-order valence-electron chi connectivity index (χ1n) is 7.86. The minimum Gasteiger partial charge on any atom is -0.348 e. The van der Waals surface area contributed by atoms with Gasteiger partial charge in [-0.2, -0.15) is 9.78 Å². The molecule has 2 atom stereocenters. The van der Waals surface area contributed by atoms with Crippen LogP contribution in [-0.2, 0) is 0 Å². The fraction of sp³-hybridized carbons (Fsp3) is 0.353. The van der Waals surface area contributed by atoms with Crippen molar-refractivity contribution in [2.24, 2.45) is 11.7 Å². The molecule has 24 heavy (non-hydrogen) atoms. The van der Waals surface area contributed by atoms with Crippen LogP contribution < -0.4 is 16.6 Å². The van der Waals surface area contributed by atoms with E-state index in [9.17, 15) is 9.59 Å². The Morgan fingerprint density at radius 2 is 1.96 bits per heavy atom. The fourth-order valence-corrected chi connectivity index (χ4v) is 3.04. The van der Waals surface area contributed by atoms with E-state index in [1.54, 1.807) is 12.1 Å². The molecule has 0 radical (unpaired) electrons. The van der Waals surface area contributed by atoms with Crippen LogP contribution in [-0.4, -0.2) is 28.3 Å². The lowest BCUT2D eigenvalue weighted by Crippen LogP contribution is -2.40. The average molecular weight is 349 g/mol. The predicted molar refractivity (Wildman–Crippen MR) is 94.7 cm³/mol. The van der Waals surface area contributed by atoms with E-state index >= 15 is 0 Å². The first-order chi connectivity index (χ1) is 11.2. The van der Waals surface area contributed by atoms with Gasteiger partial charge in [0.05, 0.1) is 5.69 Å². The number of carbonyl (C=O) groups is 1. The highest BCUT2D eigenvalue weighted by Gasteiger charge is 2.28. The molecule has 1 aromatic heterocycles. The van der Waals surface area contributed by atoms with Crippen molar-refractivity contribution < 1.29 is 4.79 Å². The number of aromatic nitrogens is 2. The first-order valence-corrected chi connectivity index (χ1v) is 7.86. The molecule has 7 heteroatoms. The SMILES string of the molecule is Cl.NCC1CCCC1NC(=O)c1ccc(=O)n(-c2ccccc2)n1. The van der Waals surface area contributed by atoms with Crippen LogP contribution in [0.4, 0.5) is 0 Å². The van der Waals surface area contributed by atoms with E-state index in [0.29, 0.717) is 18.2 Å². The van der Waals surface area contributed by atoms with Crippen LogP contribution in [0.25, 0.3) is 5.69 Å². The van der Waals surface area contributed by atoms with E-state index in [0.717, 1.165) is 19.3 Å². The third kappa shape index (κ3) is 3.83. The molecule has 3 rings (SSSR count). The molecule has 1 fully saturated rings. The summed E-state index contributed by atoms with van der Waals surface area (Å²) in [5, 5.41) is 7.19. The lowest BCUT2D eigenvalue weighted by Gasteiger charge is -2.19. The molecule has 1 aromatic carbocycles. The molecule has 0 bridgehead atoms. The molecule has 2 unspecified atom stereocenters. The van der Waals surface area contributed by atoms with E-state index in [1.807, 2.05) is 18.2 Å². The average Bonchev–Trinajstić information content (AvgIpc) is 3.03. The standard InChI is InChI=1S/C17H20N4O2.ClH/c18-11-12-5-4-8-14(12)19-17(23)15-9-10-16(22)21(20-15)13-6-2-1-3-7-13;/h1-3,6-7,9-10,12,14H,4-5,8,11,18H2,(H,19,23);1H. The lowest BCUT2D eigenvalue weighted by atomic mass is 10.0. The number of para-hydroxylation sites is 1. The van der Waals surface area contributed by atoms with E-state index in [-0.39, 0.29) is 35.6 Å². The van der Waals surface area contributed by atoms with E-state index in [2.05, 4.69) is 10.4 Å². The quantitative estimate of drug-likeness (QED) is 0.876. The maximum absolute atomic E-state index is 12.4.